The monoisotopic (exact) mass is 272 g/mol. The number of hydrogen-bond donors (Lipinski definition) is 2. The summed E-state index contributed by atoms with van der Waals surface area (Å²) in [5, 5.41) is 10.2. The minimum atomic E-state index is -0.0717. The Hall–Kier alpha value is -2.30. The Morgan fingerprint density at radius 3 is 2.65 bits per heavy atom. The molecule has 1 aromatic heterocycles. The van der Waals surface area contributed by atoms with Crippen molar-refractivity contribution in [2.45, 2.75) is 26.4 Å². The van der Waals surface area contributed by atoms with Crippen LogP contribution in [0, 0.1) is 0 Å². The number of carbonyl (C=O) groups is 1. The standard InChI is InChI=1S/C15H20N4O/c1-3-10-19-14(8-9-18-19)11-17-13-6-4-12(5-7-13)15(20)16-2/h4-9,17H,3,10-11H2,1-2H3,(H,16,20). The van der Waals surface area contributed by atoms with Gasteiger partial charge < -0.3 is 10.6 Å². The average Bonchev–Trinajstić information content (AvgIpc) is 2.92. The number of anilines is 1. The van der Waals surface area contributed by atoms with Crippen molar-refractivity contribution in [3.05, 3.63) is 47.8 Å². The molecule has 0 radical (unpaired) electrons. The maximum atomic E-state index is 11.4. The van der Waals surface area contributed by atoms with E-state index in [9.17, 15) is 4.79 Å². The molecule has 2 rings (SSSR count). The van der Waals surface area contributed by atoms with E-state index in [0.717, 1.165) is 30.9 Å². The third-order valence-electron chi connectivity index (χ3n) is 3.09. The number of rotatable bonds is 6. The summed E-state index contributed by atoms with van der Waals surface area (Å²) in [5.74, 6) is -0.0717. The summed E-state index contributed by atoms with van der Waals surface area (Å²) in [6.07, 6.45) is 2.89. The molecule has 20 heavy (non-hydrogen) atoms. The number of benzene rings is 1. The fraction of sp³-hybridized carbons (Fsp3) is 0.333. The van der Waals surface area contributed by atoms with Crippen molar-refractivity contribution in [2.75, 3.05) is 12.4 Å². The van der Waals surface area contributed by atoms with E-state index in [1.807, 2.05) is 41.2 Å². The third-order valence-corrected chi connectivity index (χ3v) is 3.09. The topological polar surface area (TPSA) is 59.0 Å². The van der Waals surface area contributed by atoms with Gasteiger partial charge in [0.15, 0.2) is 0 Å². The zero-order valence-electron chi connectivity index (χ0n) is 11.9. The molecule has 0 unspecified atom stereocenters. The number of amides is 1. The van der Waals surface area contributed by atoms with E-state index >= 15 is 0 Å². The Balaban J connectivity index is 1.97. The van der Waals surface area contributed by atoms with Crippen molar-refractivity contribution in [3.63, 3.8) is 0 Å². The first kappa shape index (κ1) is 14.1. The van der Waals surface area contributed by atoms with E-state index in [-0.39, 0.29) is 5.91 Å². The van der Waals surface area contributed by atoms with Gasteiger partial charge in [0.2, 0.25) is 0 Å². The fourth-order valence-corrected chi connectivity index (χ4v) is 2.00. The normalized spacial score (nSPS) is 10.3. The molecule has 0 aliphatic carbocycles. The van der Waals surface area contributed by atoms with Gasteiger partial charge in [0.25, 0.3) is 5.91 Å². The van der Waals surface area contributed by atoms with Crippen molar-refractivity contribution < 1.29 is 4.79 Å². The minimum Gasteiger partial charge on any atom is -0.379 e. The van der Waals surface area contributed by atoms with Crippen LogP contribution in [0.25, 0.3) is 0 Å². The highest BCUT2D eigenvalue weighted by Crippen LogP contribution is 2.11. The molecule has 1 amide bonds. The van der Waals surface area contributed by atoms with Crippen LogP contribution >= 0.6 is 0 Å². The van der Waals surface area contributed by atoms with Crippen molar-refractivity contribution in [1.82, 2.24) is 15.1 Å². The molecular weight excluding hydrogens is 252 g/mol. The number of aryl methyl sites for hydroxylation is 1. The maximum absolute atomic E-state index is 11.4. The van der Waals surface area contributed by atoms with Crippen LogP contribution in [-0.2, 0) is 13.1 Å². The first-order valence-electron chi connectivity index (χ1n) is 6.81. The summed E-state index contributed by atoms with van der Waals surface area (Å²) in [6.45, 7) is 3.79. The van der Waals surface area contributed by atoms with E-state index < -0.39 is 0 Å². The molecule has 0 fully saturated rings. The SMILES string of the molecule is CCCn1nccc1CNc1ccc(C(=O)NC)cc1. The van der Waals surface area contributed by atoms with Gasteiger partial charge in [-0.2, -0.15) is 5.10 Å². The van der Waals surface area contributed by atoms with Gasteiger partial charge in [0.1, 0.15) is 0 Å². The summed E-state index contributed by atoms with van der Waals surface area (Å²) in [4.78, 5) is 11.4. The average molecular weight is 272 g/mol. The second-order valence-corrected chi connectivity index (χ2v) is 4.56. The lowest BCUT2D eigenvalue weighted by Crippen LogP contribution is -2.17. The number of nitrogens with one attached hydrogen (secondary N) is 2. The van der Waals surface area contributed by atoms with Gasteiger partial charge in [-0.1, -0.05) is 6.92 Å². The zero-order chi connectivity index (χ0) is 14.4. The first-order chi connectivity index (χ1) is 9.74. The first-order valence-corrected chi connectivity index (χ1v) is 6.81. The predicted molar refractivity (Wildman–Crippen MR) is 79.7 cm³/mol. The Kier molecular flexibility index (Phi) is 4.76. The van der Waals surface area contributed by atoms with Crippen molar-refractivity contribution in [3.8, 4) is 0 Å². The molecule has 1 aromatic carbocycles. The lowest BCUT2D eigenvalue weighted by molar-refractivity contribution is 0.0963. The van der Waals surface area contributed by atoms with Gasteiger partial charge in [-0.25, -0.2) is 0 Å². The van der Waals surface area contributed by atoms with E-state index in [2.05, 4.69) is 22.7 Å². The third kappa shape index (κ3) is 3.38. The van der Waals surface area contributed by atoms with Crippen LogP contribution in [0.2, 0.25) is 0 Å². The quantitative estimate of drug-likeness (QED) is 0.848. The van der Waals surface area contributed by atoms with Gasteiger partial charge in [-0.05, 0) is 36.8 Å². The Labute approximate surface area is 119 Å². The molecule has 0 atom stereocenters. The van der Waals surface area contributed by atoms with Gasteiger partial charge in [-0.3, -0.25) is 9.48 Å². The zero-order valence-corrected chi connectivity index (χ0v) is 11.9. The summed E-state index contributed by atoms with van der Waals surface area (Å²) >= 11 is 0. The minimum absolute atomic E-state index is 0.0717. The summed E-state index contributed by atoms with van der Waals surface area (Å²) in [6, 6.07) is 9.45. The molecule has 0 saturated heterocycles. The van der Waals surface area contributed by atoms with Crippen LogP contribution in [0.5, 0.6) is 0 Å². The number of aromatic nitrogens is 2. The highest BCUT2D eigenvalue weighted by molar-refractivity contribution is 5.94. The van der Waals surface area contributed by atoms with Gasteiger partial charge >= 0.3 is 0 Å². The number of hydrogen-bond acceptors (Lipinski definition) is 3. The molecule has 0 bridgehead atoms. The van der Waals surface area contributed by atoms with Crippen molar-refractivity contribution >= 4 is 11.6 Å². The molecule has 5 heteroatoms. The largest absolute Gasteiger partial charge is 0.379 e. The highest BCUT2D eigenvalue weighted by atomic mass is 16.1. The molecule has 0 aliphatic heterocycles. The van der Waals surface area contributed by atoms with Crippen LogP contribution in [0.3, 0.4) is 0 Å². The summed E-state index contributed by atoms with van der Waals surface area (Å²) in [7, 11) is 1.63. The number of nitrogens with zero attached hydrogens (tertiary/aromatic N) is 2. The summed E-state index contributed by atoms with van der Waals surface area (Å²) < 4.78 is 2.01. The second kappa shape index (κ2) is 6.75. The van der Waals surface area contributed by atoms with Crippen LogP contribution in [0.15, 0.2) is 36.5 Å². The van der Waals surface area contributed by atoms with E-state index in [1.54, 1.807) is 7.05 Å². The van der Waals surface area contributed by atoms with E-state index in [4.69, 9.17) is 0 Å². The maximum Gasteiger partial charge on any atom is 0.251 e. The molecule has 2 N–H and O–H groups in total. The molecule has 0 aliphatic rings. The molecule has 5 nitrogen and oxygen atoms in total. The predicted octanol–water partition coefficient (Wildman–Crippen LogP) is 2.26. The molecule has 0 spiro atoms. The van der Waals surface area contributed by atoms with E-state index in [1.165, 1.54) is 0 Å². The molecule has 0 saturated carbocycles. The van der Waals surface area contributed by atoms with Gasteiger partial charge in [0, 0.05) is 31.0 Å². The second-order valence-electron chi connectivity index (χ2n) is 4.56. The molecule has 106 valence electrons. The lowest BCUT2D eigenvalue weighted by Gasteiger charge is -2.09. The van der Waals surface area contributed by atoms with Crippen molar-refractivity contribution in [1.29, 1.82) is 0 Å². The van der Waals surface area contributed by atoms with Gasteiger partial charge in [-0.15, -0.1) is 0 Å². The van der Waals surface area contributed by atoms with Crippen LogP contribution in [0.1, 0.15) is 29.4 Å². The van der Waals surface area contributed by atoms with E-state index in [0.29, 0.717) is 5.56 Å². The number of carbonyl (C=O) groups excluding carboxylic acids is 1. The van der Waals surface area contributed by atoms with Crippen LogP contribution in [-0.4, -0.2) is 22.7 Å². The fourth-order valence-electron chi connectivity index (χ4n) is 2.00. The summed E-state index contributed by atoms with van der Waals surface area (Å²) in [5.41, 5.74) is 2.80. The Morgan fingerprint density at radius 2 is 2.00 bits per heavy atom. The molecule has 2 aromatic rings. The van der Waals surface area contributed by atoms with Gasteiger partial charge in [0.05, 0.1) is 12.2 Å². The lowest BCUT2D eigenvalue weighted by atomic mass is 10.2. The molecular formula is C15H20N4O. The van der Waals surface area contributed by atoms with Crippen LogP contribution < -0.4 is 10.6 Å². The Morgan fingerprint density at radius 1 is 1.25 bits per heavy atom. The smallest absolute Gasteiger partial charge is 0.251 e. The Bertz CT molecular complexity index is 560. The van der Waals surface area contributed by atoms with Crippen LogP contribution in [0.4, 0.5) is 5.69 Å². The highest BCUT2D eigenvalue weighted by Gasteiger charge is 2.04. The molecule has 1 heterocycles. The van der Waals surface area contributed by atoms with Crippen molar-refractivity contribution in [2.24, 2.45) is 0 Å².